The van der Waals surface area contributed by atoms with Crippen molar-refractivity contribution in [3.8, 4) is 27.9 Å². The number of benzene rings is 8. The number of fused-ring (bicyclic) bond motifs is 5. The second-order valence-electron chi connectivity index (χ2n) is 13.1. The second-order valence-corrected chi connectivity index (χ2v) is 13.6. The van der Waals surface area contributed by atoms with E-state index in [1.54, 1.807) is 12.1 Å². The smallest absolute Gasteiger partial charge is 0.129 e. The van der Waals surface area contributed by atoms with Gasteiger partial charge in [0.25, 0.3) is 0 Å². The van der Waals surface area contributed by atoms with Gasteiger partial charge in [0, 0.05) is 33.4 Å². The van der Waals surface area contributed by atoms with E-state index in [1.165, 1.54) is 52.3 Å². The zero-order chi connectivity index (χ0) is 35.5. The lowest BCUT2D eigenvalue weighted by molar-refractivity contribution is 0.628. The summed E-state index contributed by atoms with van der Waals surface area (Å²) in [5, 5.41) is 3.77. The van der Waals surface area contributed by atoms with Crippen molar-refractivity contribution in [2.75, 3.05) is 4.90 Å². The molecule has 53 heavy (non-hydrogen) atoms. The zero-order valence-corrected chi connectivity index (χ0v) is 28.9. The van der Waals surface area contributed by atoms with E-state index in [-0.39, 0.29) is 11.6 Å². The van der Waals surface area contributed by atoms with Crippen LogP contribution in [0.4, 0.5) is 25.8 Å². The molecule has 0 saturated carbocycles. The van der Waals surface area contributed by atoms with Crippen LogP contribution in [0, 0.1) is 11.6 Å². The van der Waals surface area contributed by atoms with Crippen molar-refractivity contribution in [2.45, 2.75) is 0 Å². The number of halogens is 2. The molecule has 0 N–H and O–H groups in total. The van der Waals surface area contributed by atoms with Gasteiger partial charge in [0.05, 0.1) is 28.4 Å². The Morgan fingerprint density at radius 2 is 1.08 bits per heavy atom. The van der Waals surface area contributed by atoms with Crippen molar-refractivity contribution >= 4 is 72.4 Å². The van der Waals surface area contributed by atoms with Crippen molar-refractivity contribution in [2.24, 2.45) is 0 Å². The summed E-state index contributed by atoms with van der Waals surface area (Å²) in [6, 6.07) is 55.7. The van der Waals surface area contributed by atoms with Crippen LogP contribution in [0.5, 0.6) is 0 Å². The third-order valence-electron chi connectivity index (χ3n) is 9.98. The van der Waals surface area contributed by atoms with Gasteiger partial charge in [-0.05, 0) is 118 Å². The van der Waals surface area contributed by atoms with Crippen LogP contribution in [0.2, 0.25) is 0 Å². The highest BCUT2D eigenvalue weighted by atomic mass is 32.1. The molecule has 0 atom stereocenters. The van der Waals surface area contributed by atoms with E-state index in [0.29, 0.717) is 10.8 Å². The molecule has 7 heteroatoms. The fraction of sp³-hybridized carbons (Fsp3) is 0. The van der Waals surface area contributed by atoms with E-state index in [0.717, 1.165) is 61.5 Å². The molecule has 0 spiro atoms. The molecule has 0 radical (unpaired) electrons. The lowest BCUT2D eigenvalue weighted by atomic mass is 10.0. The van der Waals surface area contributed by atoms with Crippen LogP contribution in [0.25, 0.3) is 71.6 Å². The highest BCUT2D eigenvalue weighted by molar-refractivity contribution is 7.00. The normalized spacial score (nSPS) is 11.6. The number of anilines is 3. The second kappa shape index (κ2) is 12.5. The molecular formula is C46H28F2N4S. The maximum atomic E-state index is 14.3. The predicted molar refractivity (Wildman–Crippen MR) is 215 cm³/mol. The van der Waals surface area contributed by atoms with Crippen LogP contribution in [-0.4, -0.2) is 13.3 Å². The van der Waals surface area contributed by atoms with E-state index in [4.69, 9.17) is 8.75 Å². The summed E-state index contributed by atoms with van der Waals surface area (Å²) in [6.45, 7) is 0. The number of aromatic nitrogens is 3. The van der Waals surface area contributed by atoms with E-state index in [9.17, 15) is 8.78 Å². The average Bonchev–Trinajstić information content (AvgIpc) is 3.82. The maximum absolute atomic E-state index is 14.3. The largest absolute Gasteiger partial charge is 0.309 e. The van der Waals surface area contributed by atoms with Crippen molar-refractivity contribution in [1.29, 1.82) is 0 Å². The topological polar surface area (TPSA) is 34.0 Å². The molecule has 0 unspecified atom stereocenters. The fourth-order valence-electron chi connectivity index (χ4n) is 7.48. The van der Waals surface area contributed by atoms with Crippen molar-refractivity contribution in [3.05, 3.63) is 181 Å². The molecule has 2 heterocycles. The van der Waals surface area contributed by atoms with Crippen LogP contribution in [0.1, 0.15) is 0 Å². The molecule has 10 rings (SSSR count). The highest BCUT2D eigenvalue weighted by Crippen LogP contribution is 2.42. The van der Waals surface area contributed by atoms with Gasteiger partial charge in [0.15, 0.2) is 0 Å². The maximum Gasteiger partial charge on any atom is 0.129 e. The minimum absolute atomic E-state index is 0.357. The summed E-state index contributed by atoms with van der Waals surface area (Å²) >= 11 is 1.20. The van der Waals surface area contributed by atoms with E-state index in [2.05, 4.69) is 108 Å². The average molecular weight is 707 g/mol. The van der Waals surface area contributed by atoms with Crippen LogP contribution in [0.15, 0.2) is 170 Å². The van der Waals surface area contributed by atoms with Crippen LogP contribution in [-0.2, 0) is 0 Å². The minimum Gasteiger partial charge on any atom is -0.309 e. The van der Waals surface area contributed by atoms with Gasteiger partial charge in [-0.2, -0.15) is 8.75 Å². The number of hydrogen-bond acceptors (Lipinski definition) is 4. The lowest BCUT2D eigenvalue weighted by Crippen LogP contribution is -2.10. The predicted octanol–water partition coefficient (Wildman–Crippen LogP) is 13.0. The molecule has 0 fully saturated rings. The molecule has 10 aromatic rings. The minimum atomic E-state index is -0.357. The molecule has 2 aromatic heterocycles. The van der Waals surface area contributed by atoms with Gasteiger partial charge in [-0.3, -0.25) is 0 Å². The lowest BCUT2D eigenvalue weighted by Gasteiger charge is -2.26. The molecule has 0 bridgehead atoms. The Balaban J connectivity index is 1.04. The van der Waals surface area contributed by atoms with Crippen LogP contribution >= 0.6 is 11.7 Å². The Labute approximate surface area is 307 Å². The number of nitrogens with zero attached hydrogens (tertiary/aromatic N) is 4. The molecule has 8 aromatic carbocycles. The van der Waals surface area contributed by atoms with Crippen molar-refractivity contribution in [1.82, 2.24) is 13.3 Å². The van der Waals surface area contributed by atoms with Gasteiger partial charge in [0.2, 0.25) is 0 Å². The van der Waals surface area contributed by atoms with Gasteiger partial charge in [-0.15, -0.1) is 0 Å². The SMILES string of the molecule is Fc1ccc2c(c1)c1cc(F)ccc1n2-c1ccc(-c2ccc(N(c3ccccc3)c3ccc(-c4ccc5ccccc5c4)cc3)c3nsnc23)cc1. The Morgan fingerprint density at radius 3 is 1.79 bits per heavy atom. The molecule has 0 saturated heterocycles. The summed E-state index contributed by atoms with van der Waals surface area (Å²) in [5.74, 6) is -0.714. The summed E-state index contributed by atoms with van der Waals surface area (Å²) in [5.41, 5.74) is 11.4. The first kappa shape index (κ1) is 31.1. The van der Waals surface area contributed by atoms with Crippen LogP contribution in [0.3, 0.4) is 0 Å². The third kappa shape index (κ3) is 5.32. The highest BCUT2D eigenvalue weighted by Gasteiger charge is 2.21. The van der Waals surface area contributed by atoms with E-state index in [1.807, 2.05) is 34.9 Å². The van der Waals surface area contributed by atoms with Gasteiger partial charge in [0.1, 0.15) is 22.7 Å². The first-order valence-corrected chi connectivity index (χ1v) is 18.0. The quantitative estimate of drug-likeness (QED) is 0.173. The standard InChI is InChI=1S/C46H28F2N4S/c47-34-16-23-42-40(27-34)41-28-35(48)17-24-43(41)52(42)38-20-14-31(15-21-38)39-22-25-44(46-45(39)49-53-50-46)51(36-8-2-1-3-9-36)37-18-12-30(13-19-37)33-11-10-29-6-4-5-7-32(29)26-33/h1-28H. The number of rotatable bonds is 6. The fourth-order valence-corrected chi connectivity index (χ4v) is 8.05. The van der Waals surface area contributed by atoms with Crippen molar-refractivity contribution in [3.63, 3.8) is 0 Å². The first-order chi connectivity index (χ1) is 26.1. The number of para-hydroxylation sites is 1. The Bertz CT molecular complexity index is 2910. The zero-order valence-electron chi connectivity index (χ0n) is 28.1. The van der Waals surface area contributed by atoms with Crippen molar-refractivity contribution < 1.29 is 8.78 Å². The molecular weight excluding hydrogens is 679 g/mol. The Morgan fingerprint density at radius 1 is 0.472 bits per heavy atom. The summed E-state index contributed by atoms with van der Waals surface area (Å²) in [6.07, 6.45) is 0. The van der Waals surface area contributed by atoms with Gasteiger partial charge in [-0.1, -0.05) is 78.9 Å². The summed E-state index contributed by atoms with van der Waals surface area (Å²) in [7, 11) is 0. The summed E-state index contributed by atoms with van der Waals surface area (Å²) < 4.78 is 40.3. The van der Waals surface area contributed by atoms with Crippen LogP contribution < -0.4 is 4.90 Å². The van der Waals surface area contributed by atoms with Gasteiger partial charge in [-0.25, -0.2) is 8.78 Å². The molecule has 252 valence electrons. The first-order valence-electron chi connectivity index (χ1n) is 17.3. The molecule has 0 aliphatic heterocycles. The third-order valence-corrected chi connectivity index (χ3v) is 10.5. The molecule has 0 aliphatic carbocycles. The van der Waals surface area contributed by atoms with E-state index >= 15 is 0 Å². The Kier molecular flexibility index (Phi) is 7.33. The number of hydrogen-bond donors (Lipinski definition) is 0. The summed E-state index contributed by atoms with van der Waals surface area (Å²) in [4.78, 5) is 2.23. The van der Waals surface area contributed by atoms with E-state index < -0.39 is 0 Å². The molecule has 0 aliphatic rings. The van der Waals surface area contributed by atoms with Gasteiger partial charge >= 0.3 is 0 Å². The molecule has 0 amide bonds. The molecule has 4 nitrogen and oxygen atoms in total. The monoisotopic (exact) mass is 706 g/mol. The Hall–Kier alpha value is -6.70. The van der Waals surface area contributed by atoms with Gasteiger partial charge < -0.3 is 9.47 Å².